The van der Waals surface area contributed by atoms with Crippen molar-refractivity contribution in [3.63, 3.8) is 0 Å². The Bertz CT molecular complexity index is 197. The number of hydrogen-bond acceptors (Lipinski definition) is 2. The number of rotatable bonds is 4. The molecule has 0 aromatic heterocycles. The summed E-state index contributed by atoms with van der Waals surface area (Å²) < 4.78 is 0. The summed E-state index contributed by atoms with van der Waals surface area (Å²) in [4.78, 5) is 2.70. The van der Waals surface area contributed by atoms with Crippen LogP contribution in [0.4, 0.5) is 0 Å². The van der Waals surface area contributed by atoms with Gasteiger partial charge in [0.25, 0.3) is 0 Å². The lowest BCUT2D eigenvalue weighted by atomic mass is 9.91. The van der Waals surface area contributed by atoms with E-state index in [-0.39, 0.29) is 0 Å². The molecule has 2 heteroatoms. The van der Waals surface area contributed by atoms with Gasteiger partial charge in [-0.1, -0.05) is 13.3 Å². The van der Waals surface area contributed by atoms with Crippen LogP contribution in [0.5, 0.6) is 0 Å². The summed E-state index contributed by atoms with van der Waals surface area (Å²) in [5.74, 6) is 0. The van der Waals surface area contributed by atoms with E-state index in [9.17, 15) is 0 Å². The Kier molecular flexibility index (Phi) is 3.68. The molecular weight excluding hydrogens is 184 g/mol. The fourth-order valence-electron chi connectivity index (χ4n) is 3.39. The molecule has 2 saturated heterocycles. The predicted octanol–water partition coefficient (Wildman–Crippen LogP) is 2.39. The molecule has 0 aromatic rings. The molecule has 2 heterocycles. The molecule has 0 aromatic carbocycles. The molecule has 0 aliphatic carbocycles. The molecule has 0 radical (unpaired) electrons. The quantitative estimate of drug-likeness (QED) is 0.766. The summed E-state index contributed by atoms with van der Waals surface area (Å²) in [5, 5.41) is 3.78. The van der Waals surface area contributed by atoms with Gasteiger partial charge < -0.3 is 5.32 Å². The Morgan fingerprint density at radius 3 is 2.80 bits per heavy atom. The molecule has 2 unspecified atom stereocenters. The first-order valence-electron chi connectivity index (χ1n) is 6.75. The Hall–Kier alpha value is -0.0800. The Morgan fingerprint density at radius 2 is 2.27 bits per heavy atom. The number of nitrogens with one attached hydrogen (secondary N) is 1. The lowest BCUT2D eigenvalue weighted by molar-refractivity contribution is 0.178. The molecule has 2 rings (SSSR count). The van der Waals surface area contributed by atoms with Crippen molar-refractivity contribution in [2.75, 3.05) is 19.6 Å². The van der Waals surface area contributed by atoms with Gasteiger partial charge in [-0.15, -0.1) is 0 Å². The van der Waals surface area contributed by atoms with Gasteiger partial charge in [-0.2, -0.15) is 0 Å². The van der Waals surface area contributed by atoms with Gasteiger partial charge in [0.15, 0.2) is 0 Å². The van der Waals surface area contributed by atoms with Crippen molar-refractivity contribution in [2.24, 2.45) is 0 Å². The molecule has 0 spiro atoms. The summed E-state index contributed by atoms with van der Waals surface area (Å²) in [6.07, 6.45) is 8.25. The maximum atomic E-state index is 3.78. The minimum atomic E-state index is 0.466. The van der Waals surface area contributed by atoms with Gasteiger partial charge in [0.05, 0.1) is 0 Å². The molecular formula is C13H26N2. The minimum absolute atomic E-state index is 0.466. The van der Waals surface area contributed by atoms with Gasteiger partial charge in [0.2, 0.25) is 0 Å². The number of nitrogens with zero attached hydrogens (tertiary/aromatic N) is 1. The van der Waals surface area contributed by atoms with E-state index in [1.807, 2.05) is 0 Å². The highest BCUT2D eigenvalue weighted by molar-refractivity contribution is 4.96. The highest BCUT2D eigenvalue weighted by atomic mass is 15.2. The molecule has 0 bridgehead atoms. The average Bonchev–Trinajstić information content (AvgIpc) is 2.79. The molecule has 2 aliphatic rings. The van der Waals surface area contributed by atoms with Crippen LogP contribution in [0.25, 0.3) is 0 Å². The maximum absolute atomic E-state index is 3.78. The summed E-state index contributed by atoms with van der Waals surface area (Å²) in [6.45, 7) is 8.56. The van der Waals surface area contributed by atoms with Crippen molar-refractivity contribution in [1.29, 1.82) is 0 Å². The fourth-order valence-corrected chi connectivity index (χ4v) is 3.39. The lowest BCUT2D eigenvalue weighted by Crippen LogP contribution is -2.50. The first kappa shape index (κ1) is 11.4. The third-order valence-electron chi connectivity index (χ3n) is 4.26. The molecule has 2 aliphatic heterocycles. The van der Waals surface area contributed by atoms with E-state index >= 15 is 0 Å². The number of likely N-dealkylation sites (tertiary alicyclic amines) is 1. The molecule has 2 fully saturated rings. The second-order valence-electron chi connectivity index (χ2n) is 5.52. The van der Waals surface area contributed by atoms with Gasteiger partial charge in [-0.3, -0.25) is 4.90 Å². The highest BCUT2D eigenvalue weighted by Gasteiger charge is 2.36. The Balaban J connectivity index is 1.93. The van der Waals surface area contributed by atoms with Crippen molar-refractivity contribution in [1.82, 2.24) is 10.2 Å². The van der Waals surface area contributed by atoms with E-state index in [2.05, 4.69) is 24.1 Å². The molecule has 2 nitrogen and oxygen atoms in total. The van der Waals surface area contributed by atoms with E-state index in [1.165, 1.54) is 58.2 Å². The zero-order valence-electron chi connectivity index (χ0n) is 10.4. The van der Waals surface area contributed by atoms with Gasteiger partial charge in [-0.25, -0.2) is 0 Å². The molecule has 15 heavy (non-hydrogen) atoms. The van der Waals surface area contributed by atoms with Crippen LogP contribution in [0.1, 0.15) is 52.4 Å². The van der Waals surface area contributed by atoms with Crippen LogP contribution >= 0.6 is 0 Å². The summed E-state index contributed by atoms with van der Waals surface area (Å²) in [7, 11) is 0. The van der Waals surface area contributed by atoms with Crippen LogP contribution in [0.3, 0.4) is 0 Å². The van der Waals surface area contributed by atoms with E-state index in [0.29, 0.717) is 5.54 Å². The third kappa shape index (κ3) is 2.54. The molecule has 1 N–H and O–H groups in total. The summed E-state index contributed by atoms with van der Waals surface area (Å²) in [5.41, 5.74) is 0.466. The molecule has 88 valence electrons. The van der Waals surface area contributed by atoms with Crippen LogP contribution in [0, 0.1) is 0 Å². The first-order chi connectivity index (χ1) is 7.26. The normalized spacial score (nSPS) is 37.6. The van der Waals surface area contributed by atoms with Gasteiger partial charge in [-0.05, 0) is 52.1 Å². The van der Waals surface area contributed by atoms with Gasteiger partial charge in [0.1, 0.15) is 0 Å². The second-order valence-corrected chi connectivity index (χ2v) is 5.52. The van der Waals surface area contributed by atoms with E-state index < -0.39 is 0 Å². The average molecular weight is 210 g/mol. The summed E-state index contributed by atoms with van der Waals surface area (Å²) >= 11 is 0. The zero-order chi connectivity index (χ0) is 10.7. The predicted molar refractivity (Wildman–Crippen MR) is 65.1 cm³/mol. The minimum Gasteiger partial charge on any atom is -0.310 e. The molecule has 0 amide bonds. The van der Waals surface area contributed by atoms with Crippen molar-refractivity contribution >= 4 is 0 Å². The fraction of sp³-hybridized carbons (Fsp3) is 1.00. The van der Waals surface area contributed by atoms with Gasteiger partial charge in [0, 0.05) is 18.1 Å². The highest BCUT2D eigenvalue weighted by Crippen LogP contribution is 2.28. The SMILES string of the molecule is CCCC1(CN2CCCC2C)CCCN1. The van der Waals surface area contributed by atoms with E-state index in [0.717, 1.165) is 6.04 Å². The monoisotopic (exact) mass is 210 g/mol. The topological polar surface area (TPSA) is 15.3 Å². The van der Waals surface area contributed by atoms with Crippen molar-refractivity contribution in [3.05, 3.63) is 0 Å². The van der Waals surface area contributed by atoms with Gasteiger partial charge >= 0.3 is 0 Å². The lowest BCUT2D eigenvalue weighted by Gasteiger charge is -2.35. The largest absolute Gasteiger partial charge is 0.310 e. The van der Waals surface area contributed by atoms with E-state index in [4.69, 9.17) is 0 Å². The standard InChI is InChI=1S/C13H26N2/c1-3-7-13(8-5-9-14-13)11-15-10-4-6-12(15)2/h12,14H,3-11H2,1-2H3. The van der Waals surface area contributed by atoms with Crippen LogP contribution < -0.4 is 5.32 Å². The van der Waals surface area contributed by atoms with Crippen LogP contribution in [-0.2, 0) is 0 Å². The second kappa shape index (κ2) is 4.84. The Labute approximate surface area is 94.4 Å². The molecule has 0 saturated carbocycles. The van der Waals surface area contributed by atoms with E-state index in [1.54, 1.807) is 0 Å². The van der Waals surface area contributed by atoms with Crippen molar-refractivity contribution in [3.8, 4) is 0 Å². The zero-order valence-corrected chi connectivity index (χ0v) is 10.4. The first-order valence-corrected chi connectivity index (χ1v) is 6.75. The van der Waals surface area contributed by atoms with Crippen LogP contribution in [-0.4, -0.2) is 36.1 Å². The molecule has 2 atom stereocenters. The third-order valence-corrected chi connectivity index (χ3v) is 4.26. The van der Waals surface area contributed by atoms with Crippen LogP contribution in [0.15, 0.2) is 0 Å². The number of hydrogen-bond donors (Lipinski definition) is 1. The van der Waals surface area contributed by atoms with Crippen molar-refractivity contribution < 1.29 is 0 Å². The smallest absolute Gasteiger partial charge is 0.0309 e. The van der Waals surface area contributed by atoms with Crippen molar-refractivity contribution in [2.45, 2.75) is 64.0 Å². The maximum Gasteiger partial charge on any atom is 0.0309 e. The summed E-state index contributed by atoms with van der Waals surface area (Å²) in [6, 6.07) is 0.820. The van der Waals surface area contributed by atoms with Crippen LogP contribution in [0.2, 0.25) is 0 Å². The Morgan fingerprint density at radius 1 is 1.40 bits per heavy atom.